The lowest BCUT2D eigenvalue weighted by Crippen LogP contribution is -2.03. The second kappa shape index (κ2) is 7.24. The quantitative estimate of drug-likeness (QED) is 0.400. The molecule has 0 bridgehead atoms. The summed E-state index contributed by atoms with van der Waals surface area (Å²) in [7, 11) is 1.70. The maximum absolute atomic E-state index is 5.75. The van der Waals surface area contributed by atoms with Crippen LogP contribution in [0.5, 0.6) is 5.75 Å². The highest BCUT2D eigenvalue weighted by molar-refractivity contribution is 6.07. The third-order valence-corrected chi connectivity index (χ3v) is 5.03. The lowest BCUT2D eigenvalue weighted by molar-refractivity contribution is 0.418. The summed E-state index contributed by atoms with van der Waals surface area (Å²) in [4.78, 5) is 9.13. The highest BCUT2D eigenvalue weighted by atomic mass is 16.5. The summed E-state index contributed by atoms with van der Waals surface area (Å²) in [5.41, 5.74) is 5.37. The van der Waals surface area contributed by atoms with Gasteiger partial charge in [0.05, 0.1) is 18.3 Å². The monoisotopic (exact) mass is 377 g/mol. The normalized spacial score (nSPS) is 10.9. The van der Waals surface area contributed by atoms with Crippen LogP contribution >= 0.6 is 0 Å². The Balaban J connectivity index is 2.01. The molecule has 0 atom stereocenters. The molecule has 0 aliphatic carbocycles. The molecule has 5 rings (SSSR count). The fourth-order valence-corrected chi connectivity index (χ4v) is 3.84. The van der Waals surface area contributed by atoms with Crippen LogP contribution in [0.25, 0.3) is 39.2 Å². The molecule has 2 heterocycles. The Morgan fingerprint density at radius 3 is 2.00 bits per heavy atom. The summed E-state index contributed by atoms with van der Waals surface area (Å²) in [5.74, 6) is 1.40. The van der Waals surface area contributed by atoms with Crippen molar-refractivity contribution < 1.29 is 4.74 Å². The average molecular weight is 377 g/mol. The molecule has 4 nitrogen and oxygen atoms in total. The van der Waals surface area contributed by atoms with Crippen molar-refractivity contribution in [3.63, 3.8) is 0 Å². The van der Waals surface area contributed by atoms with Gasteiger partial charge < -0.3 is 4.74 Å². The summed E-state index contributed by atoms with van der Waals surface area (Å²) in [6.07, 6.45) is 3.53. The van der Waals surface area contributed by atoms with Gasteiger partial charge in [-0.25, -0.2) is 9.97 Å². The van der Waals surface area contributed by atoms with Crippen LogP contribution in [0.15, 0.2) is 97.3 Å². The molecule has 0 spiro atoms. The van der Waals surface area contributed by atoms with E-state index >= 15 is 0 Å². The molecule has 0 aliphatic heterocycles. The van der Waals surface area contributed by atoms with E-state index in [2.05, 4.69) is 69.1 Å². The molecule has 29 heavy (non-hydrogen) atoms. The molecule has 0 fully saturated rings. The van der Waals surface area contributed by atoms with E-state index in [1.165, 1.54) is 0 Å². The van der Waals surface area contributed by atoms with E-state index in [0.717, 1.165) is 39.0 Å². The number of fused-ring (bicyclic) bond motifs is 1. The highest BCUT2D eigenvalue weighted by Gasteiger charge is 2.24. The van der Waals surface area contributed by atoms with Gasteiger partial charge in [-0.05, 0) is 23.3 Å². The van der Waals surface area contributed by atoms with Crippen LogP contribution in [0.4, 0.5) is 0 Å². The molecule has 4 heteroatoms. The van der Waals surface area contributed by atoms with Crippen LogP contribution in [0.2, 0.25) is 0 Å². The van der Waals surface area contributed by atoms with Gasteiger partial charge in [-0.3, -0.25) is 4.57 Å². The van der Waals surface area contributed by atoms with E-state index in [1.807, 2.05) is 30.3 Å². The molecule has 0 aliphatic rings. The van der Waals surface area contributed by atoms with E-state index in [0.29, 0.717) is 5.95 Å². The summed E-state index contributed by atoms with van der Waals surface area (Å²) in [6.45, 7) is 0. The van der Waals surface area contributed by atoms with Crippen molar-refractivity contribution >= 4 is 10.9 Å². The molecule has 0 unspecified atom stereocenters. The molecule has 0 amide bonds. The minimum atomic E-state index is 0.614. The first kappa shape index (κ1) is 17.2. The van der Waals surface area contributed by atoms with Gasteiger partial charge in [0.1, 0.15) is 5.75 Å². The number of hydrogen-bond acceptors (Lipinski definition) is 3. The zero-order valence-electron chi connectivity index (χ0n) is 16.0. The second-order valence-corrected chi connectivity index (χ2v) is 6.70. The van der Waals surface area contributed by atoms with E-state index in [-0.39, 0.29) is 0 Å². The number of nitrogens with zero attached hydrogens (tertiary/aromatic N) is 3. The largest absolute Gasteiger partial charge is 0.495 e. The first-order chi connectivity index (χ1) is 14.4. The first-order valence-corrected chi connectivity index (χ1v) is 9.48. The van der Waals surface area contributed by atoms with Crippen molar-refractivity contribution in [3.8, 4) is 34.1 Å². The smallest absolute Gasteiger partial charge is 0.234 e. The Morgan fingerprint density at radius 1 is 0.690 bits per heavy atom. The SMILES string of the molecule is COc1cccc2c(-c3ccccc3)c(-c3ccccc3)n(-c3ncccn3)c12. The molecule has 0 radical (unpaired) electrons. The van der Waals surface area contributed by atoms with Crippen molar-refractivity contribution in [2.75, 3.05) is 7.11 Å². The maximum atomic E-state index is 5.75. The average Bonchev–Trinajstić information content (AvgIpc) is 3.16. The topological polar surface area (TPSA) is 39.9 Å². The fraction of sp³-hybridized carbons (Fsp3) is 0.0400. The molecule has 3 aromatic carbocycles. The first-order valence-electron chi connectivity index (χ1n) is 9.48. The third-order valence-electron chi connectivity index (χ3n) is 5.03. The number of aromatic nitrogens is 3. The predicted molar refractivity (Wildman–Crippen MR) is 116 cm³/mol. The Labute approximate surface area is 169 Å². The van der Waals surface area contributed by atoms with E-state index < -0.39 is 0 Å². The standard InChI is InChI=1S/C25H19N3O/c1-29-21-15-8-14-20-22(18-10-4-2-5-11-18)23(19-12-6-3-7-13-19)28(24(20)21)25-26-16-9-17-27-25/h2-17H,1H3. The highest BCUT2D eigenvalue weighted by Crippen LogP contribution is 2.44. The van der Waals surface area contributed by atoms with Gasteiger partial charge in [0.25, 0.3) is 0 Å². The van der Waals surface area contributed by atoms with Crippen LogP contribution in [-0.4, -0.2) is 21.6 Å². The minimum Gasteiger partial charge on any atom is -0.495 e. The van der Waals surface area contributed by atoms with Gasteiger partial charge in [-0.15, -0.1) is 0 Å². The molecule has 140 valence electrons. The predicted octanol–water partition coefficient (Wildman–Crippen LogP) is 5.76. The second-order valence-electron chi connectivity index (χ2n) is 6.70. The molecule has 0 saturated carbocycles. The van der Waals surface area contributed by atoms with E-state index in [4.69, 9.17) is 4.74 Å². The van der Waals surface area contributed by atoms with Gasteiger partial charge >= 0.3 is 0 Å². The Morgan fingerprint density at radius 2 is 1.34 bits per heavy atom. The summed E-state index contributed by atoms with van der Waals surface area (Å²) in [5, 5.41) is 1.10. The van der Waals surface area contributed by atoms with Gasteiger partial charge in [-0.1, -0.05) is 72.8 Å². The molecule has 5 aromatic rings. The number of benzene rings is 3. The summed E-state index contributed by atoms with van der Waals surface area (Å²) >= 11 is 0. The fourth-order valence-electron chi connectivity index (χ4n) is 3.84. The number of para-hydroxylation sites is 1. The van der Waals surface area contributed by atoms with Crippen LogP contribution in [0.1, 0.15) is 0 Å². The number of rotatable bonds is 4. The number of ether oxygens (including phenoxy) is 1. The summed E-state index contributed by atoms with van der Waals surface area (Å²) in [6, 6.07) is 28.8. The van der Waals surface area contributed by atoms with E-state index in [9.17, 15) is 0 Å². The van der Waals surface area contributed by atoms with Crippen molar-refractivity contribution in [2.24, 2.45) is 0 Å². The van der Waals surface area contributed by atoms with Crippen molar-refractivity contribution in [3.05, 3.63) is 97.3 Å². The molecule has 2 aromatic heterocycles. The van der Waals surface area contributed by atoms with Crippen molar-refractivity contribution in [2.45, 2.75) is 0 Å². The zero-order valence-corrected chi connectivity index (χ0v) is 16.0. The number of hydrogen-bond donors (Lipinski definition) is 0. The molecular formula is C25H19N3O. The minimum absolute atomic E-state index is 0.614. The van der Waals surface area contributed by atoms with Gasteiger partial charge in [0, 0.05) is 23.3 Å². The third kappa shape index (κ3) is 2.86. The van der Waals surface area contributed by atoms with Gasteiger partial charge in [0.2, 0.25) is 5.95 Å². The Hall–Kier alpha value is -3.92. The van der Waals surface area contributed by atoms with Gasteiger partial charge in [-0.2, -0.15) is 0 Å². The molecular weight excluding hydrogens is 358 g/mol. The lowest BCUT2D eigenvalue weighted by atomic mass is 9.98. The molecule has 0 N–H and O–H groups in total. The summed E-state index contributed by atoms with van der Waals surface area (Å²) < 4.78 is 7.86. The maximum Gasteiger partial charge on any atom is 0.234 e. The van der Waals surface area contributed by atoms with Crippen molar-refractivity contribution in [1.82, 2.24) is 14.5 Å². The number of methoxy groups -OCH3 is 1. The van der Waals surface area contributed by atoms with E-state index in [1.54, 1.807) is 19.5 Å². The molecule has 0 saturated heterocycles. The Bertz CT molecular complexity index is 1260. The van der Waals surface area contributed by atoms with Crippen LogP contribution in [-0.2, 0) is 0 Å². The van der Waals surface area contributed by atoms with Gasteiger partial charge in [0.15, 0.2) is 0 Å². The van der Waals surface area contributed by atoms with Crippen LogP contribution in [0, 0.1) is 0 Å². The van der Waals surface area contributed by atoms with Crippen molar-refractivity contribution in [1.29, 1.82) is 0 Å². The Kier molecular flexibility index (Phi) is 4.30. The van der Waals surface area contributed by atoms with Crippen LogP contribution in [0.3, 0.4) is 0 Å². The van der Waals surface area contributed by atoms with Crippen LogP contribution < -0.4 is 4.74 Å². The lowest BCUT2D eigenvalue weighted by Gasteiger charge is -2.12. The zero-order chi connectivity index (χ0) is 19.6.